The monoisotopic (exact) mass is 289 g/mol. The Balaban J connectivity index is 2.02. The Morgan fingerprint density at radius 3 is 2.68 bits per heavy atom. The Hall–Kier alpha value is -2.68. The molecule has 1 aromatic carbocycles. The maximum absolute atomic E-state index is 5.98. The van der Waals surface area contributed by atoms with Crippen molar-refractivity contribution in [2.45, 2.75) is 13.8 Å². The first-order valence-corrected chi connectivity index (χ1v) is 7.37. The summed E-state index contributed by atoms with van der Waals surface area (Å²) in [7, 11) is 2.08. The molecule has 108 valence electrons. The predicted molar refractivity (Wildman–Crippen MR) is 87.6 cm³/mol. The van der Waals surface area contributed by atoms with E-state index in [1.807, 2.05) is 12.3 Å². The highest BCUT2D eigenvalue weighted by Gasteiger charge is 2.16. The lowest BCUT2D eigenvalue weighted by Gasteiger charge is -2.05. The van der Waals surface area contributed by atoms with E-state index in [-0.39, 0.29) is 0 Å². The SMILES string of the molecule is Cc1ccc(-c2cc3oc4ccncc4c3cc2C)[n+](C)c1. The predicted octanol–water partition coefficient (Wildman–Crippen LogP) is 4.09. The lowest BCUT2D eigenvalue weighted by molar-refractivity contribution is -0.660. The van der Waals surface area contributed by atoms with Crippen LogP contribution in [0.5, 0.6) is 0 Å². The Bertz CT molecular complexity index is 1010. The van der Waals surface area contributed by atoms with Gasteiger partial charge >= 0.3 is 0 Å². The van der Waals surface area contributed by atoms with Crippen LogP contribution >= 0.6 is 0 Å². The third kappa shape index (κ3) is 1.90. The molecule has 0 amide bonds. The zero-order valence-electron chi connectivity index (χ0n) is 12.9. The van der Waals surface area contributed by atoms with Gasteiger partial charge in [0.2, 0.25) is 5.69 Å². The average Bonchev–Trinajstić information content (AvgIpc) is 2.85. The van der Waals surface area contributed by atoms with Gasteiger partial charge in [-0.05, 0) is 43.7 Å². The molecule has 0 spiro atoms. The first kappa shape index (κ1) is 13.0. The van der Waals surface area contributed by atoms with Crippen molar-refractivity contribution in [3.05, 3.63) is 60.0 Å². The summed E-state index contributed by atoms with van der Waals surface area (Å²) in [5.41, 5.74) is 6.66. The van der Waals surface area contributed by atoms with Gasteiger partial charge in [-0.1, -0.05) is 0 Å². The number of aromatic nitrogens is 2. The lowest BCUT2D eigenvalue weighted by Crippen LogP contribution is -2.31. The van der Waals surface area contributed by atoms with E-state index in [1.165, 1.54) is 22.4 Å². The smallest absolute Gasteiger partial charge is 0.212 e. The quantitative estimate of drug-likeness (QED) is 0.494. The maximum Gasteiger partial charge on any atom is 0.212 e. The molecule has 4 aromatic rings. The molecule has 3 nitrogen and oxygen atoms in total. The molecule has 0 unspecified atom stereocenters. The van der Waals surface area contributed by atoms with E-state index in [9.17, 15) is 0 Å². The summed E-state index contributed by atoms with van der Waals surface area (Å²) in [4.78, 5) is 4.21. The molecule has 0 fully saturated rings. The summed E-state index contributed by atoms with van der Waals surface area (Å²) in [5.74, 6) is 0. The van der Waals surface area contributed by atoms with Crippen molar-refractivity contribution in [3.8, 4) is 11.3 Å². The fraction of sp³-hybridized carbons (Fsp3) is 0.158. The highest BCUT2D eigenvalue weighted by molar-refractivity contribution is 6.05. The summed E-state index contributed by atoms with van der Waals surface area (Å²) in [5, 5.41) is 2.19. The van der Waals surface area contributed by atoms with E-state index in [0.29, 0.717) is 0 Å². The fourth-order valence-corrected chi connectivity index (χ4v) is 3.08. The second-order valence-corrected chi connectivity index (χ2v) is 5.84. The van der Waals surface area contributed by atoms with Gasteiger partial charge in [-0.15, -0.1) is 0 Å². The number of pyridine rings is 2. The summed E-state index contributed by atoms with van der Waals surface area (Å²) in [6.07, 6.45) is 5.77. The number of hydrogen-bond acceptors (Lipinski definition) is 2. The first-order chi connectivity index (χ1) is 10.6. The maximum atomic E-state index is 5.98. The van der Waals surface area contributed by atoms with E-state index < -0.39 is 0 Å². The molecule has 0 saturated heterocycles. The van der Waals surface area contributed by atoms with Crippen molar-refractivity contribution < 1.29 is 8.98 Å². The van der Waals surface area contributed by atoms with Crippen LogP contribution in [0.1, 0.15) is 11.1 Å². The van der Waals surface area contributed by atoms with Crippen LogP contribution in [0.25, 0.3) is 33.2 Å². The Kier molecular flexibility index (Phi) is 2.76. The Morgan fingerprint density at radius 2 is 1.86 bits per heavy atom. The minimum atomic E-state index is 0.884. The molecule has 22 heavy (non-hydrogen) atoms. The van der Waals surface area contributed by atoms with Crippen LogP contribution in [0.2, 0.25) is 0 Å². The highest BCUT2D eigenvalue weighted by Crippen LogP contribution is 2.33. The van der Waals surface area contributed by atoms with Gasteiger partial charge < -0.3 is 4.42 Å². The number of nitrogens with zero attached hydrogens (tertiary/aromatic N) is 2. The molecule has 0 saturated carbocycles. The summed E-state index contributed by atoms with van der Waals surface area (Å²) in [6.45, 7) is 4.25. The van der Waals surface area contributed by atoms with E-state index in [0.717, 1.165) is 21.9 Å². The van der Waals surface area contributed by atoms with Crippen LogP contribution < -0.4 is 4.57 Å². The van der Waals surface area contributed by atoms with Crippen LogP contribution in [0.4, 0.5) is 0 Å². The third-order valence-corrected chi connectivity index (χ3v) is 4.18. The van der Waals surface area contributed by atoms with Gasteiger partial charge in [-0.25, -0.2) is 4.57 Å². The number of hydrogen-bond donors (Lipinski definition) is 0. The zero-order valence-corrected chi connectivity index (χ0v) is 12.9. The van der Waals surface area contributed by atoms with Crippen LogP contribution in [-0.4, -0.2) is 4.98 Å². The number of fused-ring (bicyclic) bond motifs is 3. The Morgan fingerprint density at radius 1 is 1.00 bits per heavy atom. The Labute approximate surface area is 128 Å². The summed E-state index contributed by atoms with van der Waals surface area (Å²) >= 11 is 0. The molecule has 3 heterocycles. The van der Waals surface area contributed by atoms with Gasteiger partial charge in [0.05, 0.1) is 5.56 Å². The van der Waals surface area contributed by atoms with E-state index in [2.05, 4.69) is 60.9 Å². The van der Waals surface area contributed by atoms with Crippen LogP contribution in [0.15, 0.2) is 53.3 Å². The molecule has 0 aliphatic carbocycles. The highest BCUT2D eigenvalue weighted by atomic mass is 16.3. The second kappa shape index (κ2) is 4.67. The standard InChI is InChI=1S/C19H17N2O/c1-12-4-5-17(21(3)11-12)14-9-19-15(8-13(14)2)16-10-20-7-6-18(16)22-19/h4-11H,1-3H3/q+1. The van der Waals surface area contributed by atoms with Gasteiger partial charge in [0.25, 0.3) is 0 Å². The van der Waals surface area contributed by atoms with Gasteiger partial charge in [-0.3, -0.25) is 4.98 Å². The third-order valence-electron chi connectivity index (χ3n) is 4.18. The summed E-state index contributed by atoms with van der Waals surface area (Å²) < 4.78 is 8.14. The molecule has 0 aliphatic rings. The van der Waals surface area contributed by atoms with E-state index in [1.54, 1.807) is 6.20 Å². The molecule has 0 bridgehead atoms. The minimum absolute atomic E-state index is 0.884. The summed E-state index contributed by atoms with van der Waals surface area (Å²) in [6, 6.07) is 10.5. The molecular formula is C19H17N2O+. The largest absolute Gasteiger partial charge is 0.456 e. The van der Waals surface area contributed by atoms with Crippen LogP contribution in [0, 0.1) is 13.8 Å². The molecule has 0 N–H and O–H groups in total. The zero-order chi connectivity index (χ0) is 15.3. The van der Waals surface area contributed by atoms with E-state index >= 15 is 0 Å². The molecule has 0 radical (unpaired) electrons. The molecule has 3 heteroatoms. The topological polar surface area (TPSA) is 29.9 Å². The number of furan rings is 1. The van der Waals surface area contributed by atoms with Crippen molar-refractivity contribution in [1.82, 2.24) is 4.98 Å². The van der Waals surface area contributed by atoms with Crippen LogP contribution in [-0.2, 0) is 7.05 Å². The number of benzene rings is 1. The number of aryl methyl sites for hydroxylation is 3. The fourth-order valence-electron chi connectivity index (χ4n) is 3.08. The molecule has 4 rings (SSSR count). The van der Waals surface area contributed by atoms with Gasteiger partial charge in [0, 0.05) is 34.8 Å². The lowest BCUT2D eigenvalue weighted by atomic mass is 10.0. The molecule has 3 aromatic heterocycles. The van der Waals surface area contributed by atoms with E-state index in [4.69, 9.17) is 4.42 Å². The van der Waals surface area contributed by atoms with Crippen LogP contribution in [0.3, 0.4) is 0 Å². The first-order valence-electron chi connectivity index (χ1n) is 7.37. The second-order valence-electron chi connectivity index (χ2n) is 5.84. The van der Waals surface area contributed by atoms with Crippen molar-refractivity contribution in [1.29, 1.82) is 0 Å². The van der Waals surface area contributed by atoms with Crippen molar-refractivity contribution in [2.75, 3.05) is 0 Å². The van der Waals surface area contributed by atoms with Crippen molar-refractivity contribution in [2.24, 2.45) is 7.05 Å². The molecule has 0 aliphatic heterocycles. The normalized spacial score (nSPS) is 11.4. The van der Waals surface area contributed by atoms with Gasteiger partial charge in [0.15, 0.2) is 6.20 Å². The molecular weight excluding hydrogens is 272 g/mol. The minimum Gasteiger partial charge on any atom is -0.456 e. The van der Waals surface area contributed by atoms with Crippen molar-refractivity contribution in [3.63, 3.8) is 0 Å². The van der Waals surface area contributed by atoms with Gasteiger partial charge in [-0.2, -0.15) is 0 Å². The van der Waals surface area contributed by atoms with Crippen molar-refractivity contribution >= 4 is 21.9 Å². The number of rotatable bonds is 1. The molecule has 0 atom stereocenters. The average molecular weight is 289 g/mol. The van der Waals surface area contributed by atoms with Gasteiger partial charge in [0.1, 0.15) is 18.2 Å².